The zero-order chi connectivity index (χ0) is 22.1. The number of H-pyrrole nitrogens is 1. The van der Waals surface area contributed by atoms with Crippen LogP contribution in [0.2, 0.25) is 0 Å². The third-order valence-electron chi connectivity index (χ3n) is 4.76. The molecule has 0 aliphatic rings. The molecule has 0 fully saturated rings. The molecule has 0 atom stereocenters. The number of carbonyl (C=O) groups is 1. The monoisotopic (exact) mass is 435 g/mol. The third kappa shape index (κ3) is 3.88. The molecule has 3 aromatic heterocycles. The number of benzene rings is 1. The highest BCUT2D eigenvalue weighted by atomic mass is 32.1. The van der Waals surface area contributed by atoms with E-state index in [1.54, 1.807) is 21.8 Å². The Balaban J connectivity index is 1.79. The predicted octanol–water partition coefficient (Wildman–Crippen LogP) is 2.29. The summed E-state index contributed by atoms with van der Waals surface area (Å²) < 4.78 is 3.41. The predicted molar refractivity (Wildman–Crippen MR) is 117 cm³/mol. The number of aromatic nitrogens is 5. The lowest BCUT2D eigenvalue weighted by Gasteiger charge is -2.00. The van der Waals surface area contributed by atoms with Crippen molar-refractivity contribution >= 4 is 23.2 Å². The third-order valence-corrected chi connectivity index (χ3v) is 5.45. The highest BCUT2D eigenvalue weighted by Gasteiger charge is 2.18. The molecule has 3 heterocycles. The Labute approximate surface area is 179 Å². The average molecular weight is 435 g/mol. The maximum Gasteiger partial charge on any atom is 0.310 e. The molecule has 0 bridgehead atoms. The van der Waals surface area contributed by atoms with Crippen LogP contribution in [0.3, 0.4) is 0 Å². The van der Waals surface area contributed by atoms with E-state index in [2.05, 4.69) is 10.2 Å². The van der Waals surface area contributed by atoms with Gasteiger partial charge in [0.1, 0.15) is 11.3 Å². The van der Waals surface area contributed by atoms with Crippen LogP contribution in [0.15, 0.2) is 58.4 Å². The topological polar surface area (TPSA) is 123 Å². The largest absolute Gasteiger partial charge is 0.499 e. The molecular formula is C21H17N5O4S. The fourth-order valence-electron chi connectivity index (χ4n) is 3.05. The van der Waals surface area contributed by atoms with E-state index in [1.807, 2.05) is 49.3 Å². The fraction of sp³-hybridized carbons (Fsp3) is 0.0952. The number of ketones is 1. The van der Waals surface area contributed by atoms with Crippen molar-refractivity contribution in [1.82, 2.24) is 24.5 Å². The summed E-state index contributed by atoms with van der Waals surface area (Å²) in [6.07, 6.45) is 6.14. The van der Waals surface area contributed by atoms with Crippen molar-refractivity contribution in [2.24, 2.45) is 7.05 Å². The van der Waals surface area contributed by atoms with Gasteiger partial charge in [0.05, 0.1) is 11.9 Å². The van der Waals surface area contributed by atoms with Crippen molar-refractivity contribution in [2.45, 2.75) is 6.92 Å². The number of aryl methyl sites for hydroxylation is 1. The Kier molecular flexibility index (Phi) is 5.22. The first-order valence-corrected chi connectivity index (χ1v) is 9.99. The van der Waals surface area contributed by atoms with Crippen molar-refractivity contribution in [3.8, 4) is 22.0 Å². The Morgan fingerprint density at radius 2 is 1.97 bits per heavy atom. The van der Waals surface area contributed by atoms with Crippen LogP contribution >= 0.6 is 11.3 Å². The summed E-state index contributed by atoms with van der Waals surface area (Å²) in [5.41, 5.74) is 2.33. The molecule has 0 radical (unpaired) electrons. The molecule has 4 aromatic rings. The zero-order valence-corrected chi connectivity index (χ0v) is 17.4. The summed E-state index contributed by atoms with van der Waals surface area (Å²) in [5, 5.41) is 18.2. The highest BCUT2D eigenvalue weighted by molar-refractivity contribution is 7.11. The molecule has 0 saturated carbocycles. The Hall–Kier alpha value is -4.05. The minimum Gasteiger partial charge on any atom is -0.499 e. The fourth-order valence-corrected chi connectivity index (χ4v) is 3.66. The summed E-state index contributed by atoms with van der Waals surface area (Å²) in [7, 11) is 1.82. The molecule has 1 aromatic carbocycles. The molecule has 0 aliphatic carbocycles. The van der Waals surface area contributed by atoms with Gasteiger partial charge in [-0.05, 0) is 42.5 Å². The standard InChI is InChI=1S/C21H17N5O4S/c1-12-15(10-22-25(12)2)18-13(11-26(24-18)14-6-4-3-5-7-14)8-9-16(27)17-19(28)23-21(30)31-20(17)29/h3-11,29H,1-2H3,(H,23,28,30). The van der Waals surface area contributed by atoms with Crippen molar-refractivity contribution in [3.63, 3.8) is 0 Å². The summed E-state index contributed by atoms with van der Waals surface area (Å²) in [4.78, 5) is 37.1. The van der Waals surface area contributed by atoms with Gasteiger partial charge in [-0.2, -0.15) is 10.2 Å². The van der Waals surface area contributed by atoms with Gasteiger partial charge >= 0.3 is 4.87 Å². The van der Waals surface area contributed by atoms with E-state index in [-0.39, 0.29) is 0 Å². The van der Waals surface area contributed by atoms with Crippen LogP contribution in [0.1, 0.15) is 21.6 Å². The number of aromatic amines is 1. The molecule has 0 saturated heterocycles. The van der Waals surface area contributed by atoms with Crippen molar-refractivity contribution in [3.05, 3.63) is 85.6 Å². The van der Waals surface area contributed by atoms with Crippen LogP contribution in [-0.4, -0.2) is 35.4 Å². The van der Waals surface area contributed by atoms with Crippen LogP contribution < -0.4 is 10.4 Å². The minimum absolute atomic E-state index is 0.391. The number of aromatic hydroxyl groups is 1. The first-order valence-electron chi connectivity index (χ1n) is 9.18. The summed E-state index contributed by atoms with van der Waals surface area (Å²) in [6.45, 7) is 1.91. The van der Waals surface area contributed by atoms with E-state index < -0.39 is 26.8 Å². The number of para-hydroxylation sites is 1. The SMILES string of the molecule is Cc1c(-c2nn(-c3ccccc3)cc2C=CC(=O)c2c(O)sc(=O)[nH]c2=O)cnn1C. The first kappa shape index (κ1) is 20.2. The molecule has 31 heavy (non-hydrogen) atoms. The van der Waals surface area contributed by atoms with Crippen LogP contribution in [-0.2, 0) is 7.05 Å². The van der Waals surface area contributed by atoms with E-state index in [9.17, 15) is 19.5 Å². The number of nitrogens with zero attached hydrogens (tertiary/aromatic N) is 4. The second kappa shape index (κ2) is 8.00. The van der Waals surface area contributed by atoms with Crippen molar-refractivity contribution in [1.29, 1.82) is 0 Å². The van der Waals surface area contributed by atoms with E-state index in [0.29, 0.717) is 22.6 Å². The Bertz CT molecular complexity index is 1430. The molecule has 0 aliphatic heterocycles. The molecule has 0 spiro atoms. The molecule has 4 rings (SSSR count). The Morgan fingerprint density at radius 1 is 1.23 bits per heavy atom. The van der Waals surface area contributed by atoms with Gasteiger partial charge in [-0.15, -0.1) is 0 Å². The van der Waals surface area contributed by atoms with E-state index in [0.717, 1.165) is 16.9 Å². The minimum atomic E-state index is -0.931. The molecule has 10 heteroatoms. The Morgan fingerprint density at radius 3 is 2.61 bits per heavy atom. The van der Waals surface area contributed by atoms with Crippen molar-refractivity contribution < 1.29 is 9.90 Å². The van der Waals surface area contributed by atoms with Gasteiger partial charge in [0.2, 0.25) is 0 Å². The normalized spacial score (nSPS) is 11.3. The molecule has 9 nitrogen and oxygen atoms in total. The van der Waals surface area contributed by atoms with Crippen LogP contribution in [0, 0.1) is 6.92 Å². The maximum atomic E-state index is 12.6. The van der Waals surface area contributed by atoms with E-state index in [1.165, 1.54) is 12.2 Å². The van der Waals surface area contributed by atoms with Gasteiger partial charge in [-0.25, -0.2) is 4.68 Å². The molecule has 0 unspecified atom stereocenters. The van der Waals surface area contributed by atoms with Gasteiger partial charge in [-0.3, -0.25) is 24.0 Å². The van der Waals surface area contributed by atoms with Crippen LogP contribution in [0.4, 0.5) is 0 Å². The van der Waals surface area contributed by atoms with E-state index >= 15 is 0 Å². The van der Waals surface area contributed by atoms with Gasteiger partial charge in [0.25, 0.3) is 5.56 Å². The molecular weight excluding hydrogens is 418 g/mol. The van der Waals surface area contributed by atoms with Crippen molar-refractivity contribution in [2.75, 3.05) is 0 Å². The summed E-state index contributed by atoms with van der Waals surface area (Å²) in [5.74, 6) is -0.726. The number of carbonyl (C=O) groups excluding carboxylic acids is 1. The number of hydrogen-bond donors (Lipinski definition) is 2. The average Bonchev–Trinajstić information content (AvgIpc) is 3.30. The van der Waals surface area contributed by atoms with E-state index in [4.69, 9.17) is 0 Å². The van der Waals surface area contributed by atoms with Crippen LogP contribution in [0.5, 0.6) is 5.06 Å². The zero-order valence-electron chi connectivity index (χ0n) is 16.6. The quantitative estimate of drug-likeness (QED) is 0.366. The van der Waals surface area contributed by atoms with Crippen LogP contribution in [0.25, 0.3) is 23.0 Å². The van der Waals surface area contributed by atoms with Gasteiger partial charge in [0.15, 0.2) is 10.8 Å². The smallest absolute Gasteiger partial charge is 0.310 e. The molecule has 156 valence electrons. The van der Waals surface area contributed by atoms with Gasteiger partial charge in [0, 0.05) is 30.1 Å². The van der Waals surface area contributed by atoms with Gasteiger partial charge in [-0.1, -0.05) is 18.2 Å². The summed E-state index contributed by atoms with van der Waals surface area (Å²) >= 11 is 0.391. The summed E-state index contributed by atoms with van der Waals surface area (Å²) in [6, 6.07) is 9.47. The number of rotatable bonds is 5. The second-order valence-corrected chi connectivity index (χ2v) is 7.66. The number of nitrogens with one attached hydrogen (secondary N) is 1. The number of allylic oxidation sites excluding steroid dienone is 1. The number of hydrogen-bond acceptors (Lipinski definition) is 7. The highest BCUT2D eigenvalue weighted by Crippen LogP contribution is 2.27. The maximum absolute atomic E-state index is 12.6. The van der Waals surface area contributed by atoms with Gasteiger partial charge < -0.3 is 5.11 Å². The molecule has 2 N–H and O–H groups in total. The second-order valence-electron chi connectivity index (χ2n) is 6.70. The molecule has 0 amide bonds. The first-order chi connectivity index (χ1) is 14.8. The lowest BCUT2D eigenvalue weighted by Crippen LogP contribution is -2.22. The lowest BCUT2D eigenvalue weighted by molar-refractivity contribution is 0.104. The lowest BCUT2D eigenvalue weighted by atomic mass is 10.1.